The van der Waals surface area contributed by atoms with E-state index in [9.17, 15) is 18.0 Å². The molecule has 2 aromatic heterocycles. The first-order valence-electron chi connectivity index (χ1n) is 15.1. The molecular weight excluding hydrogens is 639 g/mol. The lowest BCUT2D eigenvalue weighted by Gasteiger charge is -2.17. The monoisotopic (exact) mass is 675 g/mol. The van der Waals surface area contributed by atoms with Crippen molar-refractivity contribution in [3.8, 4) is 16.9 Å². The number of nitrogens with zero attached hydrogens (tertiary/aromatic N) is 1. The van der Waals surface area contributed by atoms with Gasteiger partial charge in [-0.3, -0.25) is 24.7 Å². The van der Waals surface area contributed by atoms with Crippen LogP contribution in [-0.2, 0) is 34.3 Å². The molecule has 0 saturated carbocycles. The van der Waals surface area contributed by atoms with Gasteiger partial charge < -0.3 is 26.4 Å². The Morgan fingerprint density at radius 1 is 1.09 bits per heavy atom. The molecule has 14 heteroatoms. The van der Waals surface area contributed by atoms with Crippen molar-refractivity contribution >= 4 is 44.7 Å². The van der Waals surface area contributed by atoms with Crippen LogP contribution in [0.2, 0.25) is 0 Å². The number of thiophene rings is 1. The number of anilines is 1. The number of nitrogens with one attached hydrogen (secondary N) is 5. The standard InChI is InChI=1S/C33H37N7O5S2/c1-21(41)27(9-5-13-38-33(34)35)39-32(42)31-28(11-15-46-31)40-47(43,44)29-18-25(17-24-10-14-45-30(24)29)23-7-4-6-22(16-23)19-36-20-26-8-2-3-12-37-26/h2-4,6-8,11-12,15-18,27,36,40H,5,9-10,13-14,19-20H2,1H3,(H,39,42)(H4,34,35,38). The summed E-state index contributed by atoms with van der Waals surface area (Å²) in [5.74, 6) is -0.686. The fourth-order valence-corrected chi connectivity index (χ4v) is 7.34. The molecule has 4 aromatic rings. The van der Waals surface area contributed by atoms with Gasteiger partial charge in [-0.2, -0.15) is 0 Å². The molecule has 0 aliphatic carbocycles. The van der Waals surface area contributed by atoms with Crippen molar-refractivity contribution in [2.75, 3.05) is 17.9 Å². The number of Topliss-reactive ketones (excluding diaryl/α,β-unsaturated/α-hetero) is 1. The third-order valence-electron chi connectivity index (χ3n) is 7.56. The number of ether oxygens (including phenoxy) is 1. The number of fused-ring (bicyclic) bond motifs is 1. The Balaban J connectivity index is 1.33. The molecule has 1 unspecified atom stereocenters. The Hall–Kier alpha value is -4.79. The molecule has 0 bridgehead atoms. The van der Waals surface area contributed by atoms with Crippen molar-refractivity contribution in [3.05, 3.63) is 93.9 Å². The highest BCUT2D eigenvalue weighted by Crippen LogP contribution is 2.39. The van der Waals surface area contributed by atoms with E-state index in [4.69, 9.17) is 15.9 Å². The lowest BCUT2D eigenvalue weighted by atomic mass is 10.00. The van der Waals surface area contributed by atoms with Crippen molar-refractivity contribution in [2.24, 2.45) is 5.73 Å². The van der Waals surface area contributed by atoms with Crippen molar-refractivity contribution in [1.29, 1.82) is 5.41 Å². The highest BCUT2D eigenvalue weighted by atomic mass is 32.2. The molecule has 0 saturated heterocycles. The summed E-state index contributed by atoms with van der Waals surface area (Å²) in [6.07, 6.45) is 3.14. The zero-order valence-corrected chi connectivity index (χ0v) is 27.5. The van der Waals surface area contributed by atoms with E-state index in [1.165, 1.54) is 13.0 Å². The van der Waals surface area contributed by atoms with E-state index in [2.05, 4.69) is 25.7 Å². The smallest absolute Gasteiger partial charge is 0.265 e. The van der Waals surface area contributed by atoms with Crippen LogP contribution in [0, 0.1) is 5.41 Å². The van der Waals surface area contributed by atoms with Gasteiger partial charge in [0.05, 0.1) is 24.0 Å². The molecule has 0 spiro atoms. The predicted molar refractivity (Wildman–Crippen MR) is 182 cm³/mol. The number of carbonyl (C=O) groups is 2. The Morgan fingerprint density at radius 3 is 2.70 bits per heavy atom. The van der Waals surface area contributed by atoms with Crippen LogP contribution in [0.4, 0.5) is 5.69 Å². The Bertz CT molecular complexity index is 1860. The molecule has 1 aliphatic heterocycles. The first-order valence-corrected chi connectivity index (χ1v) is 17.5. The summed E-state index contributed by atoms with van der Waals surface area (Å²) in [5, 5.41) is 17.6. The SMILES string of the molecule is CC(=O)C(CCCNC(=N)N)NC(=O)c1sccc1NS(=O)(=O)c1cc(-c2cccc(CNCc3ccccn3)c2)cc2c1OCC2. The molecule has 1 amide bonds. The summed E-state index contributed by atoms with van der Waals surface area (Å²) in [6, 6.07) is 18.0. The molecule has 5 rings (SSSR count). The van der Waals surface area contributed by atoms with E-state index in [0.717, 1.165) is 39.3 Å². The van der Waals surface area contributed by atoms with Crippen molar-refractivity contribution < 1.29 is 22.7 Å². The van der Waals surface area contributed by atoms with E-state index >= 15 is 0 Å². The molecule has 12 nitrogen and oxygen atoms in total. The van der Waals surface area contributed by atoms with E-state index in [-0.39, 0.29) is 27.2 Å². The second-order valence-corrected chi connectivity index (χ2v) is 13.6. The van der Waals surface area contributed by atoms with Gasteiger partial charge in [0.15, 0.2) is 11.7 Å². The number of sulfonamides is 1. The maximum atomic E-state index is 13.9. The average Bonchev–Trinajstić information content (AvgIpc) is 3.72. The first kappa shape index (κ1) is 33.6. The third kappa shape index (κ3) is 8.73. The number of aromatic nitrogens is 1. The first-order chi connectivity index (χ1) is 22.6. The van der Waals surface area contributed by atoms with Gasteiger partial charge in [0, 0.05) is 32.3 Å². The van der Waals surface area contributed by atoms with Crippen molar-refractivity contribution in [1.82, 2.24) is 20.9 Å². The normalized spacial score (nSPS) is 12.9. The van der Waals surface area contributed by atoms with Gasteiger partial charge in [0.2, 0.25) is 0 Å². The average molecular weight is 676 g/mol. The minimum atomic E-state index is -4.20. The summed E-state index contributed by atoms with van der Waals surface area (Å²) >= 11 is 1.06. The number of benzene rings is 2. The van der Waals surface area contributed by atoms with Crippen molar-refractivity contribution in [3.63, 3.8) is 0 Å². The second kappa shape index (κ2) is 15.2. The number of guanidine groups is 1. The maximum absolute atomic E-state index is 13.9. The third-order valence-corrected chi connectivity index (χ3v) is 9.84. The number of carbonyl (C=O) groups excluding carboxylic acids is 2. The molecule has 1 atom stereocenters. The maximum Gasteiger partial charge on any atom is 0.265 e. The molecule has 1 aliphatic rings. The summed E-state index contributed by atoms with van der Waals surface area (Å²) in [4.78, 5) is 29.9. The van der Waals surface area contributed by atoms with Crippen molar-refractivity contribution in [2.45, 2.75) is 50.2 Å². The number of pyridine rings is 1. The minimum absolute atomic E-state index is 0.0154. The molecule has 2 aromatic carbocycles. The van der Waals surface area contributed by atoms with E-state index in [0.29, 0.717) is 51.3 Å². The lowest BCUT2D eigenvalue weighted by Crippen LogP contribution is -2.40. The summed E-state index contributed by atoms with van der Waals surface area (Å²) < 4.78 is 36.2. The summed E-state index contributed by atoms with van der Waals surface area (Å²) in [7, 11) is -4.20. The number of ketones is 1. The van der Waals surface area contributed by atoms with Crippen LogP contribution in [-0.4, -0.2) is 50.2 Å². The lowest BCUT2D eigenvalue weighted by molar-refractivity contribution is -0.119. The molecule has 7 N–H and O–H groups in total. The van der Waals surface area contributed by atoms with Gasteiger partial charge in [-0.05, 0) is 83.8 Å². The molecule has 246 valence electrons. The van der Waals surface area contributed by atoms with Gasteiger partial charge in [-0.15, -0.1) is 11.3 Å². The summed E-state index contributed by atoms with van der Waals surface area (Å²) in [6.45, 7) is 3.33. The number of hydrogen-bond donors (Lipinski definition) is 6. The van der Waals surface area contributed by atoms with Crippen LogP contribution in [0.25, 0.3) is 11.1 Å². The van der Waals surface area contributed by atoms with Crippen LogP contribution >= 0.6 is 11.3 Å². The highest BCUT2D eigenvalue weighted by molar-refractivity contribution is 7.92. The molecule has 3 heterocycles. The van der Waals surface area contributed by atoms with Crippen LogP contribution in [0.1, 0.15) is 46.3 Å². The van der Waals surface area contributed by atoms with E-state index < -0.39 is 22.0 Å². The van der Waals surface area contributed by atoms with Crippen LogP contribution in [0.15, 0.2) is 77.1 Å². The number of rotatable bonds is 15. The molecule has 47 heavy (non-hydrogen) atoms. The largest absolute Gasteiger partial charge is 0.492 e. The highest BCUT2D eigenvalue weighted by Gasteiger charge is 2.29. The zero-order chi connectivity index (χ0) is 33.4. The minimum Gasteiger partial charge on any atom is -0.492 e. The Kier molecular flexibility index (Phi) is 10.9. The van der Waals surface area contributed by atoms with Crippen LogP contribution in [0.3, 0.4) is 0 Å². The number of nitrogens with two attached hydrogens (primary N) is 1. The Morgan fingerprint density at radius 2 is 1.94 bits per heavy atom. The number of hydrogen-bond acceptors (Lipinski definition) is 9. The van der Waals surface area contributed by atoms with Crippen LogP contribution < -0.4 is 31.1 Å². The topological polar surface area (TPSA) is 188 Å². The molecule has 0 fully saturated rings. The predicted octanol–water partition coefficient (Wildman–Crippen LogP) is 3.79. The second-order valence-electron chi connectivity index (χ2n) is 11.1. The van der Waals surface area contributed by atoms with E-state index in [1.54, 1.807) is 17.6 Å². The van der Waals surface area contributed by atoms with Gasteiger partial charge >= 0.3 is 0 Å². The van der Waals surface area contributed by atoms with E-state index in [1.807, 2.05) is 48.5 Å². The Labute approximate surface area is 277 Å². The molecular formula is C33H37N7O5S2. The number of amides is 1. The summed E-state index contributed by atoms with van der Waals surface area (Å²) in [5.41, 5.74) is 9.75. The molecule has 0 radical (unpaired) electrons. The van der Waals surface area contributed by atoms with Gasteiger partial charge in [-0.25, -0.2) is 8.42 Å². The zero-order valence-electron chi connectivity index (χ0n) is 25.8. The van der Waals surface area contributed by atoms with Gasteiger partial charge in [0.1, 0.15) is 15.5 Å². The van der Waals surface area contributed by atoms with Gasteiger partial charge in [-0.1, -0.05) is 24.3 Å². The van der Waals surface area contributed by atoms with Crippen LogP contribution in [0.5, 0.6) is 5.75 Å². The quantitative estimate of drug-likeness (QED) is 0.0619. The van der Waals surface area contributed by atoms with Gasteiger partial charge in [0.25, 0.3) is 15.9 Å². The fraction of sp³-hybridized carbons (Fsp3) is 0.273. The fourth-order valence-electron chi connectivity index (χ4n) is 5.23.